The molecule has 0 fully saturated rings. The van der Waals surface area contributed by atoms with Crippen LogP contribution in [0.15, 0.2) is 78.2 Å². The summed E-state index contributed by atoms with van der Waals surface area (Å²) in [7, 11) is 0. The lowest BCUT2D eigenvalue weighted by atomic mass is 9.95. The average molecular weight is 416 g/mol. The molecule has 4 nitrogen and oxygen atoms in total. The Hall–Kier alpha value is -3.46. The summed E-state index contributed by atoms with van der Waals surface area (Å²) in [5, 5.41) is 15.2. The summed E-state index contributed by atoms with van der Waals surface area (Å²) in [6.07, 6.45) is 0. The van der Waals surface area contributed by atoms with Crippen molar-refractivity contribution >= 4 is 34.0 Å². The predicted molar refractivity (Wildman–Crippen MR) is 117 cm³/mol. The van der Waals surface area contributed by atoms with E-state index in [-0.39, 0.29) is 5.91 Å². The number of benzene rings is 3. The first-order chi connectivity index (χ1) is 14.2. The molecule has 0 aliphatic heterocycles. The number of anilines is 1. The predicted octanol–water partition coefficient (Wildman–Crippen LogP) is 6.25. The largest absolute Gasteiger partial charge is 0.298 e. The molecule has 1 heterocycles. The summed E-state index contributed by atoms with van der Waals surface area (Å²) in [5.74, 6) is -0.284. The summed E-state index contributed by atoms with van der Waals surface area (Å²) in [4.78, 5) is 17.5. The second kappa shape index (κ2) is 8.27. The van der Waals surface area contributed by atoms with E-state index in [1.807, 2.05) is 47.8 Å². The van der Waals surface area contributed by atoms with E-state index < -0.39 is 0 Å². The van der Waals surface area contributed by atoms with Gasteiger partial charge >= 0.3 is 0 Å². The number of hydrogen-bond acceptors (Lipinski definition) is 4. The van der Waals surface area contributed by atoms with E-state index in [2.05, 4.69) is 16.4 Å². The highest BCUT2D eigenvalue weighted by Gasteiger charge is 2.16. The zero-order chi connectivity index (χ0) is 20.2. The number of nitrogens with zero attached hydrogens (tertiary/aromatic N) is 2. The van der Waals surface area contributed by atoms with Crippen LogP contribution in [-0.4, -0.2) is 10.9 Å². The lowest BCUT2D eigenvalue weighted by Gasteiger charge is -2.10. The van der Waals surface area contributed by atoms with E-state index in [9.17, 15) is 10.1 Å². The van der Waals surface area contributed by atoms with Crippen LogP contribution in [0.1, 0.15) is 15.9 Å². The van der Waals surface area contributed by atoms with Gasteiger partial charge in [0.1, 0.15) is 0 Å². The van der Waals surface area contributed by atoms with Crippen molar-refractivity contribution in [1.82, 2.24) is 4.98 Å². The first-order valence-corrected chi connectivity index (χ1v) is 10.0. The van der Waals surface area contributed by atoms with Gasteiger partial charge in [-0.2, -0.15) is 5.26 Å². The Morgan fingerprint density at radius 1 is 0.931 bits per heavy atom. The zero-order valence-corrected chi connectivity index (χ0v) is 16.7. The van der Waals surface area contributed by atoms with Gasteiger partial charge in [-0.3, -0.25) is 10.1 Å². The SMILES string of the molecule is N#Cc1ccccc1-c1ccccc1C(=O)Nc1nc(-c2ccccc2Cl)cs1. The van der Waals surface area contributed by atoms with Crippen molar-refractivity contribution in [1.29, 1.82) is 5.26 Å². The molecule has 1 N–H and O–H groups in total. The maximum Gasteiger partial charge on any atom is 0.258 e. The molecule has 4 rings (SSSR count). The van der Waals surface area contributed by atoms with Gasteiger partial charge in [-0.25, -0.2) is 4.98 Å². The lowest BCUT2D eigenvalue weighted by molar-refractivity contribution is 0.102. The number of carbonyl (C=O) groups excluding carboxylic acids is 1. The molecule has 4 aromatic rings. The second-order valence-corrected chi connectivity index (χ2v) is 7.44. The fraction of sp³-hybridized carbons (Fsp3) is 0. The Bertz CT molecular complexity index is 1240. The third kappa shape index (κ3) is 3.90. The van der Waals surface area contributed by atoms with Crippen LogP contribution in [0.4, 0.5) is 5.13 Å². The van der Waals surface area contributed by atoms with Gasteiger partial charge in [0.25, 0.3) is 5.91 Å². The third-order valence-electron chi connectivity index (χ3n) is 4.38. The number of halogens is 1. The van der Waals surface area contributed by atoms with Gasteiger partial charge in [-0.15, -0.1) is 11.3 Å². The smallest absolute Gasteiger partial charge is 0.258 e. The van der Waals surface area contributed by atoms with Gasteiger partial charge in [0.2, 0.25) is 0 Å². The fourth-order valence-corrected chi connectivity index (χ4v) is 3.96. The molecule has 0 saturated heterocycles. The number of amides is 1. The minimum atomic E-state index is -0.284. The van der Waals surface area contributed by atoms with Gasteiger partial charge in [-0.05, 0) is 23.8 Å². The van der Waals surface area contributed by atoms with Crippen molar-refractivity contribution in [3.63, 3.8) is 0 Å². The molecule has 3 aromatic carbocycles. The zero-order valence-electron chi connectivity index (χ0n) is 15.1. The molecule has 1 amide bonds. The van der Waals surface area contributed by atoms with Crippen molar-refractivity contribution in [3.8, 4) is 28.5 Å². The Morgan fingerprint density at radius 2 is 1.59 bits per heavy atom. The number of hydrogen-bond donors (Lipinski definition) is 1. The van der Waals surface area contributed by atoms with Crippen LogP contribution in [0.25, 0.3) is 22.4 Å². The summed E-state index contributed by atoms with van der Waals surface area (Å²) >= 11 is 7.57. The lowest BCUT2D eigenvalue weighted by Crippen LogP contribution is -2.13. The number of thiazole rings is 1. The first kappa shape index (κ1) is 18.9. The molecule has 6 heteroatoms. The number of nitrogens with one attached hydrogen (secondary N) is 1. The molecule has 0 unspecified atom stereocenters. The van der Waals surface area contributed by atoms with Crippen molar-refractivity contribution in [2.45, 2.75) is 0 Å². The van der Waals surface area contributed by atoms with Crippen LogP contribution in [-0.2, 0) is 0 Å². The van der Waals surface area contributed by atoms with Crippen LogP contribution in [0.2, 0.25) is 5.02 Å². The Morgan fingerprint density at radius 3 is 2.34 bits per heavy atom. The molecular formula is C23H14ClN3OS. The van der Waals surface area contributed by atoms with E-state index in [1.54, 1.807) is 30.3 Å². The first-order valence-electron chi connectivity index (χ1n) is 8.77. The van der Waals surface area contributed by atoms with Crippen LogP contribution in [0, 0.1) is 11.3 Å². The van der Waals surface area contributed by atoms with Gasteiger partial charge in [0.15, 0.2) is 5.13 Å². The summed E-state index contributed by atoms with van der Waals surface area (Å²) in [5.41, 5.74) is 3.93. The highest BCUT2D eigenvalue weighted by Crippen LogP contribution is 2.31. The Balaban J connectivity index is 1.64. The molecule has 0 saturated carbocycles. The van der Waals surface area contributed by atoms with E-state index in [0.29, 0.717) is 32.5 Å². The molecule has 0 aliphatic rings. The van der Waals surface area contributed by atoms with Gasteiger partial charge in [0, 0.05) is 27.1 Å². The highest BCUT2D eigenvalue weighted by atomic mass is 35.5. The fourth-order valence-electron chi connectivity index (χ4n) is 3.02. The molecule has 0 bridgehead atoms. The third-order valence-corrected chi connectivity index (χ3v) is 5.47. The van der Waals surface area contributed by atoms with Gasteiger partial charge < -0.3 is 0 Å². The Kier molecular flexibility index (Phi) is 5.39. The van der Waals surface area contributed by atoms with Crippen molar-refractivity contribution in [2.75, 3.05) is 5.32 Å². The topological polar surface area (TPSA) is 65.8 Å². The molecule has 1 aromatic heterocycles. The number of nitriles is 1. The number of carbonyl (C=O) groups is 1. The quantitative estimate of drug-likeness (QED) is 0.428. The van der Waals surface area contributed by atoms with Gasteiger partial charge in [-0.1, -0.05) is 66.2 Å². The van der Waals surface area contributed by atoms with Crippen LogP contribution in [0.5, 0.6) is 0 Å². The van der Waals surface area contributed by atoms with Crippen LogP contribution in [0.3, 0.4) is 0 Å². The average Bonchev–Trinajstić information content (AvgIpc) is 3.22. The minimum absolute atomic E-state index is 0.284. The monoisotopic (exact) mass is 415 g/mol. The molecule has 0 aliphatic carbocycles. The second-order valence-electron chi connectivity index (χ2n) is 6.17. The molecule has 29 heavy (non-hydrogen) atoms. The number of aromatic nitrogens is 1. The molecule has 0 radical (unpaired) electrons. The maximum atomic E-state index is 13.0. The van der Waals surface area contributed by atoms with E-state index in [0.717, 1.165) is 11.1 Å². The van der Waals surface area contributed by atoms with Crippen molar-refractivity contribution < 1.29 is 4.79 Å². The molecule has 0 atom stereocenters. The minimum Gasteiger partial charge on any atom is -0.298 e. The standard InChI is InChI=1S/C23H14ClN3OS/c24-20-12-6-5-11-19(20)21-14-29-23(26-21)27-22(28)18-10-4-3-9-17(18)16-8-2-1-7-15(16)13-25/h1-12,14H,(H,26,27,28). The normalized spacial score (nSPS) is 10.3. The molecule has 0 spiro atoms. The van der Waals surface area contributed by atoms with Crippen molar-refractivity contribution in [3.05, 3.63) is 94.3 Å². The Labute approximate surface area is 177 Å². The van der Waals surface area contributed by atoms with Crippen LogP contribution < -0.4 is 5.32 Å². The van der Waals surface area contributed by atoms with E-state index in [4.69, 9.17) is 11.6 Å². The summed E-state index contributed by atoms with van der Waals surface area (Å²) in [6.45, 7) is 0. The van der Waals surface area contributed by atoms with E-state index in [1.165, 1.54) is 11.3 Å². The van der Waals surface area contributed by atoms with E-state index >= 15 is 0 Å². The highest BCUT2D eigenvalue weighted by molar-refractivity contribution is 7.14. The molecular weight excluding hydrogens is 402 g/mol. The summed E-state index contributed by atoms with van der Waals surface area (Å²) in [6, 6.07) is 24.1. The van der Waals surface area contributed by atoms with Gasteiger partial charge in [0.05, 0.1) is 17.3 Å². The molecule has 140 valence electrons. The summed E-state index contributed by atoms with van der Waals surface area (Å²) < 4.78 is 0. The number of rotatable bonds is 4. The van der Waals surface area contributed by atoms with Crippen molar-refractivity contribution in [2.24, 2.45) is 0 Å². The van der Waals surface area contributed by atoms with Crippen LogP contribution >= 0.6 is 22.9 Å². The maximum absolute atomic E-state index is 13.0.